The lowest BCUT2D eigenvalue weighted by atomic mass is 9.91. The maximum absolute atomic E-state index is 12.7. The molecule has 0 bridgehead atoms. The van der Waals surface area contributed by atoms with Crippen molar-refractivity contribution in [2.24, 2.45) is 0 Å². The van der Waals surface area contributed by atoms with Crippen LogP contribution in [0.2, 0.25) is 0 Å². The standard InChI is InChI=1S/C22H33N4O6P/c1-4-15-18(31-33-26-12-7-8-16(26)22(32-33)10-5-6-11-22)19(29-3)20(30-15)25-13-9-17(23-14(2)27)24-21(25)28/h9,13,15-16,18-20H,4-8,10-12H2,1-3H3,(H,23,24,27,28)/t15-,16+,18?,19+,20-,33?/m1/s1. The number of nitrogens with one attached hydrogen (secondary N) is 1. The summed E-state index contributed by atoms with van der Waals surface area (Å²) in [5.41, 5.74) is -0.581. The summed E-state index contributed by atoms with van der Waals surface area (Å²) < 4.78 is 29.3. The van der Waals surface area contributed by atoms with Crippen molar-refractivity contribution >= 4 is 20.3 Å². The van der Waals surface area contributed by atoms with Crippen molar-refractivity contribution in [2.75, 3.05) is 19.0 Å². The smallest absolute Gasteiger partial charge is 0.351 e. The molecule has 2 unspecified atom stereocenters. The maximum Gasteiger partial charge on any atom is 0.351 e. The van der Waals surface area contributed by atoms with E-state index in [0.29, 0.717) is 12.5 Å². The van der Waals surface area contributed by atoms with Gasteiger partial charge in [0.25, 0.3) is 8.53 Å². The highest BCUT2D eigenvalue weighted by Gasteiger charge is 2.59. The maximum atomic E-state index is 12.7. The van der Waals surface area contributed by atoms with Crippen LogP contribution in [0.25, 0.3) is 0 Å². The van der Waals surface area contributed by atoms with Crippen molar-refractivity contribution in [1.29, 1.82) is 0 Å². The lowest BCUT2D eigenvalue weighted by Crippen LogP contribution is -2.39. The zero-order valence-electron chi connectivity index (χ0n) is 19.4. The molecule has 0 radical (unpaired) electrons. The van der Waals surface area contributed by atoms with Crippen molar-refractivity contribution in [3.05, 3.63) is 22.7 Å². The van der Waals surface area contributed by atoms with Crippen LogP contribution in [0.4, 0.5) is 5.82 Å². The first-order valence-electron chi connectivity index (χ1n) is 11.9. The van der Waals surface area contributed by atoms with E-state index >= 15 is 0 Å². The molecule has 6 atom stereocenters. The number of carbonyl (C=O) groups is 1. The molecule has 3 aliphatic heterocycles. The van der Waals surface area contributed by atoms with Crippen LogP contribution in [0, 0.1) is 0 Å². The second-order valence-corrected chi connectivity index (χ2v) is 10.7. The van der Waals surface area contributed by atoms with E-state index in [4.69, 9.17) is 18.5 Å². The monoisotopic (exact) mass is 480 g/mol. The molecule has 4 fully saturated rings. The highest BCUT2D eigenvalue weighted by Crippen LogP contribution is 2.64. The van der Waals surface area contributed by atoms with Crippen molar-refractivity contribution in [3.63, 3.8) is 0 Å². The summed E-state index contributed by atoms with van der Waals surface area (Å²) in [5.74, 6) is -0.0783. The number of ether oxygens (including phenoxy) is 2. The minimum atomic E-state index is -1.21. The Morgan fingerprint density at radius 3 is 2.79 bits per heavy atom. The van der Waals surface area contributed by atoms with E-state index in [9.17, 15) is 9.59 Å². The number of amides is 1. The zero-order valence-corrected chi connectivity index (χ0v) is 20.3. The van der Waals surface area contributed by atoms with Crippen LogP contribution in [0.3, 0.4) is 0 Å². The molecule has 3 saturated heterocycles. The van der Waals surface area contributed by atoms with Gasteiger partial charge < -0.3 is 23.8 Å². The molecule has 4 aliphatic rings. The van der Waals surface area contributed by atoms with Gasteiger partial charge in [0, 0.05) is 32.8 Å². The van der Waals surface area contributed by atoms with E-state index in [0.717, 1.165) is 19.4 Å². The number of nitrogens with zero attached hydrogens (tertiary/aromatic N) is 3. The summed E-state index contributed by atoms with van der Waals surface area (Å²) in [6.07, 6.45) is 7.49. The number of fused-ring (bicyclic) bond motifs is 2. The number of aromatic nitrogens is 2. The molecule has 10 nitrogen and oxygen atoms in total. The van der Waals surface area contributed by atoms with Gasteiger partial charge >= 0.3 is 5.69 Å². The van der Waals surface area contributed by atoms with Gasteiger partial charge in [-0.15, -0.1) is 0 Å². The number of hydrogen-bond donors (Lipinski definition) is 1. The lowest BCUT2D eigenvalue weighted by Gasteiger charge is -2.28. The van der Waals surface area contributed by atoms with Gasteiger partial charge in [-0.05, 0) is 38.2 Å². The first kappa shape index (κ1) is 23.3. The first-order chi connectivity index (χ1) is 16.0. The van der Waals surface area contributed by atoms with E-state index in [-0.39, 0.29) is 29.5 Å². The van der Waals surface area contributed by atoms with Crippen LogP contribution < -0.4 is 11.0 Å². The molecule has 4 heterocycles. The molecule has 1 aromatic heterocycles. The molecule has 1 spiro atoms. The molecule has 182 valence electrons. The van der Waals surface area contributed by atoms with Gasteiger partial charge in [0.15, 0.2) is 6.23 Å². The van der Waals surface area contributed by atoms with Crippen LogP contribution in [0.15, 0.2) is 17.1 Å². The molecule has 1 saturated carbocycles. The highest BCUT2D eigenvalue weighted by molar-refractivity contribution is 7.45. The zero-order chi connectivity index (χ0) is 23.2. The van der Waals surface area contributed by atoms with Gasteiger partial charge in [-0.2, -0.15) is 4.98 Å². The normalized spacial score (nSPS) is 35.4. The summed E-state index contributed by atoms with van der Waals surface area (Å²) in [4.78, 5) is 28.0. The van der Waals surface area contributed by atoms with Gasteiger partial charge in [-0.1, -0.05) is 19.8 Å². The number of rotatable bonds is 6. The summed E-state index contributed by atoms with van der Waals surface area (Å²) in [6.45, 7) is 4.41. The van der Waals surface area contributed by atoms with Gasteiger partial charge in [-0.25, -0.2) is 9.46 Å². The van der Waals surface area contributed by atoms with Gasteiger partial charge in [0.2, 0.25) is 5.91 Å². The first-order valence-corrected chi connectivity index (χ1v) is 13.1. The Bertz CT molecular complexity index is 938. The summed E-state index contributed by atoms with van der Waals surface area (Å²) in [5, 5.41) is 2.53. The van der Waals surface area contributed by atoms with Crippen LogP contribution in [-0.2, 0) is 23.3 Å². The van der Waals surface area contributed by atoms with Crippen LogP contribution in [0.1, 0.15) is 65.0 Å². The number of hydrogen-bond acceptors (Lipinski definition) is 8. The average Bonchev–Trinajstić information content (AvgIpc) is 3.55. The third-order valence-corrected chi connectivity index (χ3v) is 9.17. The van der Waals surface area contributed by atoms with E-state index in [1.165, 1.54) is 37.2 Å². The largest absolute Gasteiger partial charge is 0.374 e. The van der Waals surface area contributed by atoms with Crippen molar-refractivity contribution < 1.29 is 23.3 Å². The molecule has 1 aromatic rings. The fraction of sp³-hybridized carbons (Fsp3) is 0.773. The van der Waals surface area contributed by atoms with Crippen LogP contribution in [0.5, 0.6) is 0 Å². The Labute approximate surface area is 194 Å². The molecule has 1 amide bonds. The Morgan fingerprint density at radius 1 is 1.33 bits per heavy atom. The van der Waals surface area contributed by atoms with Gasteiger partial charge in [0.05, 0.1) is 11.7 Å². The third kappa shape index (κ3) is 4.15. The SMILES string of the molecule is CC[C@H]1O[C@@H](n2ccc(NC(C)=O)nc2=O)[C@@H](OC)C1OP1OC2(CCCC2)[C@@H]2CCCN21. The summed E-state index contributed by atoms with van der Waals surface area (Å²) in [7, 11) is 0.402. The summed E-state index contributed by atoms with van der Waals surface area (Å²) in [6, 6.07) is 2.02. The molecule has 33 heavy (non-hydrogen) atoms. The van der Waals surface area contributed by atoms with Crippen LogP contribution in [-0.4, -0.2) is 63.7 Å². The minimum Gasteiger partial charge on any atom is -0.374 e. The Hall–Kier alpha value is -1.42. The molecule has 0 aromatic carbocycles. The Kier molecular flexibility index (Phi) is 6.59. The quantitative estimate of drug-likeness (QED) is 0.620. The Balaban J connectivity index is 1.37. The van der Waals surface area contributed by atoms with E-state index in [1.54, 1.807) is 19.4 Å². The molecule has 1 aliphatic carbocycles. The van der Waals surface area contributed by atoms with Gasteiger partial charge in [0.1, 0.15) is 18.0 Å². The predicted octanol–water partition coefficient (Wildman–Crippen LogP) is 2.94. The highest BCUT2D eigenvalue weighted by atomic mass is 31.2. The van der Waals surface area contributed by atoms with Crippen molar-refractivity contribution in [2.45, 2.75) is 95.0 Å². The minimum absolute atomic E-state index is 0.0637. The van der Waals surface area contributed by atoms with E-state index in [2.05, 4.69) is 15.0 Å². The van der Waals surface area contributed by atoms with E-state index in [1.807, 2.05) is 6.92 Å². The Morgan fingerprint density at radius 2 is 2.12 bits per heavy atom. The van der Waals surface area contributed by atoms with E-state index < -0.39 is 26.5 Å². The van der Waals surface area contributed by atoms with Gasteiger partial charge in [-0.3, -0.25) is 9.36 Å². The van der Waals surface area contributed by atoms with Crippen LogP contribution >= 0.6 is 8.53 Å². The second-order valence-electron chi connectivity index (χ2n) is 9.35. The molecule has 11 heteroatoms. The summed E-state index contributed by atoms with van der Waals surface area (Å²) >= 11 is 0. The molecular weight excluding hydrogens is 447 g/mol. The third-order valence-electron chi connectivity index (χ3n) is 7.33. The number of methoxy groups -OCH3 is 1. The number of anilines is 1. The van der Waals surface area contributed by atoms with Crippen molar-refractivity contribution in [3.8, 4) is 0 Å². The number of carbonyl (C=O) groups excluding carboxylic acids is 1. The predicted molar refractivity (Wildman–Crippen MR) is 122 cm³/mol. The molecule has 1 N–H and O–H groups in total. The fourth-order valence-corrected chi connectivity index (χ4v) is 8.04. The second kappa shape index (κ2) is 9.32. The molecule has 5 rings (SSSR count). The lowest BCUT2D eigenvalue weighted by molar-refractivity contribution is -0.114. The van der Waals surface area contributed by atoms with Crippen molar-refractivity contribution in [1.82, 2.24) is 14.2 Å². The topological polar surface area (TPSA) is 104 Å². The average molecular weight is 481 g/mol. The fourth-order valence-electron chi connectivity index (χ4n) is 5.83. The molecular formula is C22H33N4O6P.